The quantitative estimate of drug-likeness (QED) is 0.675. The second-order valence-corrected chi connectivity index (χ2v) is 4.46. The van der Waals surface area contributed by atoms with Crippen molar-refractivity contribution in [3.63, 3.8) is 0 Å². The zero-order valence-electron chi connectivity index (χ0n) is 8.63. The first-order valence-corrected chi connectivity index (χ1v) is 5.26. The molecule has 0 amide bonds. The molecule has 3 heteroatoms. The summed E-state index contributed by atoms with van der Waals surface area (Å²) in [6, 6.07) is 0. The van der Waals surface area contributed by atoms with Gasteiger partial charge >= 0.3 is 0 Å². The lowest BCUT2D eigenvalue weighted by Gasteiger charge is -2.30. The summed E-state index contributed by atoms with van der Waals surface area (Å²) in [5.74, 6) is 0. The molecule has 1 unspecified atom stereocenters. The Bertz CT molecular complexity index is 142. The smallest absolute Gasteiger partial charge is 0.0608 e. The molecular formula is C10H22N2O. The fraction of sp³-hybridized carbons (Fsp3) is 1.00. The molecule has 0 aromatic carbocycles. The van der Waals surface area contributed by atoms with Crippen molar-refractivity contribution in [1.29, 1.82) is 0 Å². The van der Waals surface area contributed by atoms with Crippen LogP contribution in [0, 0.1) is 0 Å². The minimum atomic E-state index is -0.391. The number of rotatable bonds is 4. The van der Waals surface area contributed by atoms with Crippen LogP contribution in [0.4, 0.5) is 0 Å². The summed E-state index contributed by atoms with van der Waals surface area (Å²) in [5, 5.41) is 8.98. The molecule has 1 fully saturated rings. The largest absolute Gasteiger partial charge is 0.394 e. The van der Waals surface area contributed by atoms with Gasteiger partial charge in [0.2, 0.25) is 0 Å². The second-order valence-electron chi connectivity index (χ2n) is 4.46. The Balaban J connectivity index is 2.17. The van der Waals surface area contributed by atoms with Crippen LogP contribution in [-0.2, 0) is 0 Å². The van der Waals surface area contributed by atoms with Gasteiger partial charge in [-0.25, -0.2) is 0 Å². The third-order valence-electron chi connectivity index (χ3n) is 2.81. The monoisotopic (exact) mass is 186 g/mol. The minimum absolute atomic E-state index is 0.0842. The van der Waals surface area contributed by atoms with Crippen molar-refractivity contribution in [1.82, 2.24) is 4.90 Å². The lowest BCUT2D eigenvalue weighted by atomic mass is 10.00. The van der Waals surface area contributed by atoms with E-state index >= 15 is 0 Å². The number of aliphatic hydroxyl groups is 1. The van der Waals surface area contributed by atoms with E-state index in [1.54, 1.807) is 0 Å². The molecule has 0 spiro atoms. The molecule has 1 aliphatic heterocycles. The number of likely N-dealkylation sites (tertiary alicyclic amines) is 1. The first kappa shape index (κ1) is 11.0. The van der Waals surface area contributed by atoms with E-state index in [-0.39, 0.29) is 6.61 Å². The Kier molecular flexibility index (Phi) is 4.16. The summed E-state index contributed by atoms with van der Waals surface area (Å²) in [6.07, 6.45) is 4.90. The lowest BCUT2D eigenvalue weighted by molar-refractivity contribution is 0.163. The number of aliphatic hydroxyl groups excluding tert-OH is 1. The average molecular weight is 186 g/mol. The maximum absolute atomic E-state index is 8.98. The molecule has 3 N–H and O–H groups in total. The maximum atomic E-state index is 8.98. The van der Waals surface area contributed by atoms with Gasteiger partial charge in [-0.15, -0.1) is 0 Å². The predicted octanol–water partition coefficient (Wildman–Crippen LogP) is 0.572. The van der Waals surface area contributed by atoms with E-state index < -0.39 is 5.54 Å². The van der Waals surface area contributed by atoms with Gasteiger partial charge in [-0.1, -0.05) is 6.42 Å². The summed E-state index contributed by atoms with van der Waals surface area (Å²) in [4.78, 5) is 2.45. The molecule has 1 aliphatic rings. The van der Waals surface area contributed by atoms with E-state index in [0.29, 0.717) is 0 Å². The Morgan fingerprint density at radius 1 is 1.31 bits per heavy atom. The first-order valence-electron chi connectivity index (χ1n) is 5.26. The number of nitrogens with two attached hydrogens (primary N) is 1. The Hall–Kier alpha value is -0.120. The third kappa shape index (κ3) is 4.07. The number of hydrogen-bond acceptors (Lipinski definition) is 3. The molecule has 1 atom stereocenters. The highest BCUT2D eigenvalue weighted by atomic mass is 16.3. The van der Waals surface area contributed by atoms with Gasteiger partial charge in [-0.05, 0) is 45.8 Å². The Morgan fingerprint density at radius 3 is 2.46 bits per heavy atom. The molecular weight excluding hydrogens is 164 g/mol. The van der Waals surface area contributed by atoms with Gasteiger partial charge in [-0.3, -0.25) is 0 Å². The molecule has 1 saturated heterocycles. The van der Waals surface area contributed by atoms with E-state index in [4.69, 9.17) is 10.8 Å². The van der Waals surface area contributed by atoms with E-state index in [2.05, 4.69) is 4.90 Å². The van der Waals surface area contributed by atoms with Crippen molar-refractivity contribution >= 4 is 0 Å². The lowest BCUT2D eigenvalue weighted by Crippen LogP contribution is -2.44. The second kappa shape index (κ2) is 4.94. The fourth-order valence-corrected chi connectivity index (χ4v) is 1.68. The SMILES string of the molecule is CC(N)(CO)CCN1CCCCC1. The Labute approximate surface area is 80.9 Å². The normalized spacial score (nSPS) is 24.2. The molecule has 0 aromatic heterocycles. The van der Waals surface area contributed by atoms with Crippen LogP contribution in [0.15, 0.2) is 0 Å². The van der Waals surface area contributed by atoms with Crippen molar-refractivity contribution in [3.05, 3.63) is 0 Å². The van der Waals surface area contributed by atoms with Gasteiger partial charge in [0.25, 0.3) is 0 Å². The number of nitrogens with zero attached hydrogens (tertiary/aromatic N) is 1. The topological polar surface area (TPSA) is 49.5 Å². The van der Waals surface area contributed by atoms with Gasteiger partial charge in [0.1, 0.15) is 0 Å². The van der Waals surface area contributed by atoms with Crippen LogP contribution in [0.5, 0.6) is 0 Å². The van der Waals surface area contributed by atoms with Crippen LogP contribution < -0.4 is 5.73 Å². The van der Waals surface area contributed by atoms with E-state index in [9.17, 15) is 0 Å². The van der Waals surface area contributed by atoms with Gasteiger partial charge < -0.3 is 15.7 Å². The van der Waals surface area contributed by atoms with Gasteiger partial charge in [0, 0.05) is 5.54 Å². The van der Waals surface area contributed by atoms with Gasteiger partial charge in [0.05, 0.1) is 6.61 Å². The molecule has 1 heterocycles. The number of hydrogen-bond donors (Lipinski definition) is 2. The van der Waals surface area contributed by atoms with E-state index in [1.165, 1.54) is 32.4 Å². The molecule has 0 aliphatic carbocycles. The molecule has 13 heavy (non-hydrogen) atoms. The zero-order valence-corrected chi connectivity index (χ0v) is 8.63. The Morgan fingerprint density at radius 2 is 1.92 bits per heavy atom. The van der Waals surface area contributed by atoms with Gasteiger partial charge in [0.15, 0.2) is 0 Å². The van der Waals surface area contributed by atoms with Crippen LogP contribution in [0.3, 0.4) is 0 Å². The molecule has 0 aromatic rings. The first-order chi connectivity index (χ1) is 6.14. The highest BCUT2D eigenvalue weighted by Gasteiger charge is 2.19. The van der Waals surface area contributed by atoms with Crippen LogP contribution in [0.1, 0.15) is 32.6 Å². The van der Waals surface area contributed by atoms with E-state index in [1.807, 2.05) is 6.92 Å². The summed E-state index contributed by atoms with van der Waals surface area (Å²) in [5.41, 5.74) is 5.47. The summed E-state index contributed by atoms with van der Waals surface area (Å²) in [6.45, 7) is 5.45. The molecule has 0 bridgehead atoms. The van der Waals surface area contributed by atoms with Crippen molar-refractivity contribution in [2.24, 2.45) is 5.73 Å². The molecule has 1 rings (SSSR count). The van der Waals surface area contributed by atoms with Crippen molar-refractivity contribution in [3.8, 4) is 0 Å². The molecule has 3 nitrogen and oxygen atoms in total. The highest BCUT2D eigenvalue weighted by Crippen LogP contribution is 2.11. The zero-order chi connectivity index (χ0) is 9.73. The van der Waals surface area contributed by atoms with E-state index in [0.717, 1.165) is 13.0 Å². The van der Waals surface area contributed by atoms with Crippen molar-refractivity contribution in [2.75, 3.05) is 26.2 Å². The maximum Gasteiger partial charge on any atom is 0.0608 e. The summed E-state index contributed by atoms with van der Waals surface area (Å²) >= 11 is 0. The highest BCUT2D eigenvalue weighted by molar-refractivity contribution is 4.79. The summed E-state index contributed by atoms with van der Waals surface area (Å²) < 4.78 is 0. The van der Waals surface area contributed by atoms with Gasteiger partial charge in [-0.2, -0.15) is 0 Å². The predicted molar refractivity (Wildman–Crippen MR) is 54.6 cm³/mol. The third-order valence-corrected chi connectivity index (χ3v) is 2.81. The molecule has 78 valence electrons. The molecule has 0 radical (unpaired) electrons. The van der Waals surface area contributed by atoms with Crippen LogP contribution >= 0.6 is 0 Å². The van der Waals surface area contributed by atoms with Crippen LogP contribution in [0.25, 0.3) is 0 Å². The van der Waals surface area contributed by atoms with Crippen LogP contribution in [-0.4, -0.2) is 41.8 Å². The number of piperidine rings is 1. The standard InChI is InChI=1S/C10H22N2O/c1-10(11,9-13)5-8-12-6-3-2-4-7-12/h13H,2-9,11H2,1H3. The van der Waals surface area contributed by atoms with Crippen LogP contribution in [0.2, 0.25) is 0 Å². The van der Waals surface area contributed by atoms with Crippen molar-refractivity contribution in [2.45, 2.75) is 38.1 Å². The molecule has 0 saturated carbocycles. The summed E-state index contributed by atoms with van der Waals surface area (Å²) in [7, 11) is 0. The van der Waals surface area contributed by atoms with Crippen molar-refractivity contribution < 1.29 is 5.11 Å². The minimum Gasteiger partial charge on any atom is -0.394 e. The average Bonchev–Trinajstić information content (AvgIpc) is 2.17. The fourth-order valence-electron chi connectivity index (χ4n) is 1.68.